The Balaban J connectivity index is 0.00000507. The smallest absolute Gasteiger partial charge is 0.305 e. The quantitative estimate of drug-likeness (QED) is 0.221. The van der Waals surface area contributed by atoms with E-state index in [0.717, 1.165) is 52.8 Å². The number of aryl methyl sites for hydroxylation is 2. The number of benzene rings is 3. The predicted octanol–water partition coefficient (Wildman–Crippen LogP) is 8.16. The van der Waals surface area contributed by atoms with Gasteiger partial charge in [-0.3, -0.25) is 9.59 Å². The molecule has 0 spiro atoms. The minimum Gasteiger partial charge on any atom is -0.485 e. The number of halogens is 1. The monoisotopic (exact) mass is 523 g/mol. The molecule has 0 aliphatic carbocycles. The van der Waals surface area contributed by atoms with Gasteiger partial charge in [-0.2, -0.15) is 0 Å². The highest BCUT2D eigenvalue weighted by Crippen LogP contribution is 2.35. The van der Waals surface area contributed by atoms with Crippen molar-refractivity contribution in [2.75, 3.05) is 6.54 Å². The van der Waals surface area contributed by atoms with E-state index in [1.165, 1.54) is 12.8 Å². The first kappa shape index (κ1) is 28.3. The molecule has 0 aromatic heterocycles. The summed E-state index contributed by atoms with van der Waals surface area (Å²) in [6.45, 7) is 6.44. The first-order chi connectivity index (χ1) is 17.8. The second kappa shape index (κ2) is 13.8. The number of hydrogen-bond donors (Lipinski definition) is 2. The van der Waals surface area contributed by atoms with Gasteiger partial charge in [-0.15, -0.1) is 0 Å². The average Bonchev–Trinajstić information content (AvgIpc) is 2.87. The molecule has 37 heavy (non-hydrogen) atoms. The molecular formula is C31H38ClNO4. The summed E-state index contributed by atoms with van der Waals surface area (Å²) in [6.07, 6.45) is 5.19. The second-order valence-corrected chi connectivity index (χ2v) is 9.86. The molecule has 0 fully saturated rings. The summed E-state index contributed by atoms with van der Waals surface area (Å²) in [5.41, 5.74) is 5.88. The van der Waals surface area contributed by atoms with Gasteiger partial charge in [-0.05, 0) is 90.9 Å². The van der Waals surface area contributed by atoms with E-state index < -0.39 is 5.97 Å². The van der Waals surface area contributed by atoms with Crippen LogP contribution in [0.5, 0.6) is 5.75 Å². The molecule has 0 aliphatic heterocycles. The molecule has 5 nitrogen and oxygen atoms in total. The molecule has 3 aromatic rings. The molecule has 3 rings (SSSR count). The Morgan fingerprint density at radius 3 is 2.19 bits per heavy atom. The maximum absolute atomic E-state index is 12.4. The fourth-order valence-electron chi connectivity index (χ4n) is 4.37. The summed E-state index contributed by atoms with van der Waals surface area (Å²) in [5, 5.41) is 12.1. The van der Waals surface area contributed by atoms with Crippen LogP contribution in [0.2, 0.25) is 5.02 Å². The first-order valence-corrected chi connectivity index (χ1v) is 13.3. The number of carbonyl (C=O) groups is 2. The van der Waals surface area contributed by atoms with E-state index in [9.17, 15) is 9.59 Å². The highest BCUT2D eigenvalue weighted by molar-refractivity contribution is 6.30. The Morgan fingerprint density at radius 2 is 1.59 bits per heavy atom. The third-order valence-corrected chi connectivity index (χ3v) is 6.64. The van der Waals surface area contributed by atoms with Crippen molar-refractivity contribution in [1.82, 2.24) is 5.32 Å². The van der Waals surface area contributed by atoms with Crippen LogP contribution in [0.1, 0.15) is 80.0 Å². The number of hydrogen-bond acceptors (Lipinski definition) is 3. The average molecular weight is 524 g/mol. The molecule has 0 saturated carbocycles. The Bertz CT molecular complexity index is 1170. The van der Waals surface area contributed by atoms with Crippen LogP contribution in [-0.2, 0) is 4.79 Å². The van der Waals surface area contributed by atoms with Crippen molar-refractivity contribution >= 4 is 23.5 Å². The van der Waals surface area contributed by atoms with Crippen molar-refractivity contribution < 1.29 is 20.9 Å². The molecule has 0 radical (unpaired) electrons. The largest absolute Gasteiger partial charge is 0.485 e. The van der Waals surface area contributed by atoms with Gasteiger partial charge in [0.2, 0.25) is 0 Å². The molecule has 0 aliphatic rings. The van der Waals surface area contributed by atoms with Crippen LogP contribution >= 0.6 is 11.6 Å². The molecule has 0 bridgehead atoms. The number of carboxylic acid groups (broad SMARTS) is 1. The van der Waals surface area contributed by atoms with Gasteiger partial charge in [0.1, 0.15) is 11.9 Å². The van der Waals surface area contributed by atoms with E-state index in [-0.39, 0.29) is 26.4 Å². The highest BCUT2D eigenvalue weighted by atomic mass is 35.5. The minimum atomic E-state index is -0.939. The summed E-state index contributed by atoms with van der Waals surface area (Å²) < 4.78 is 6.66. The summed E-state index contributed by atoms with van der Waals surface area (Å²) >= 11 is 6.06. The number of ether oxygens (including phenoxy) is 1. The lowest BCUT2D eigenvalue weighted by Crippen LogP contribution is -2.26. The van der Waals surface area contributed by atoms with E-state index >= 15 is 0 Å². The van der Waals surface area contributed by atoms with Crippen LogP contribution in [0.15, 0.2) is 60.7 Å². The van der Waals surface area contributed by atoms with Crippen LogP contribution in [0.25, 0.3) is 11.1 Å². The van der Waals surface area contributed by atoms with Gasteiger partial charge < -0.3 is 15.2 Å². The fraction of sp³-hybridized carbons (Fsp3) is 0.355. The number of rotatable bonds is 13. The number of nitrogens with one attached hydrogen (secondary N) is 1. The fourth-order valence-corrected chi connectivity index (χ4v) is 4.50. The lowest BCUT2D eigenvalue weighted by atomic mass is 9.98. The van der Waals surface area contributed by atoms with Crippen molar-refractivity contribution in [3.05, 3.63) is 87.9 Å². The molecule has 1 amide bonds. The standard InChI is InChI=1S/C31H36ClNO4.H2/c1-4-5-6-7-8-28(24-9-11-25(12-10-24)31(36)33-18-17-29(34)35)37-30-21(2)19-26(20-22(30)3)23-13-15-27(32)16-14-23;/h9-16,19-20,28H,4-8,17-18H2,1-3H3,(H,33,36)(H,34,35);1H. The number of amides is 1. The van der Waals surface area contributed by atoms with Gasteiger partial charge in [0.15, 0.2) is 0 Å². The molecular weight excluding hydrogens is 486 g/mol. The van der Waals surface area contributed by atoms with Gasteiger partial charge in [0.25, 0.3) is 5.91 Å². The molecule has 2 N–H and O–H groups in total. The van der Waals surface area contributed by atoms with Gasteiger partial charge in [0, 0.05) is 18.6 Å². The molecule has 1 atom stereocenters. The topological polar surface area (TPSA) is 75.6 Å². The third kappa shape index (κ3) is 8.36. The Hall–Kier alpha value is -3.31. The number of carboxylic acids is 1. The minimum absolute atomic E-state index is 0. The number of unbranched alkanes of at least 4 members (excludes halogenated alkanes) is 3. The van der Waals surface area contributed by atoms with Crippen LogP contribution in [0.4, 0.5) is 0 Å². The van der Waals surface area contributed by atoms with E-state index in [0.29, 0.717) is 10.6 Å². The second-order valence-electron chi connectivity index (χ2n) is 9.42. The number of carbonyl (C=O) groups excluding carboxylic acids is 1. The Morgan fingerprint density at radius 1 is 0.946 bits per heavy atom. The number of aliphatic carboxylic acids is 1. The van der Waals surface area contributed by atoms with Crippen molar-refractivity contribution in [3.8, 4) is 16.9 Å². The Labute approximate surface area is 226 Å². The zero-order chi connectivity index (χ0) is 26.8. The first-order valence-electron chi connectivity index (χ1n) is 12.9. The van der Waals surface area contributed by atoms with Crippen LogP contribution < -0.4 is 10.1 Å². The lowest BCUT2D eigenvalue weighted by Gasteiger charge is -2.23. The van der Waals surface area contributed by atoms with Gasteiger partial charge >= 0.3 is 5.97 Å². The van der Waals surface area contributed by atoms with Gasteiger partial charge in [0.05, 0.1) is 6.42 Å². The van der Waals surface area contributed by atoms with E-state index in [1.807, 2.05) is 36.4 Å². The normalized spacial score (nSPS) is 11.7. The maximum atomic E-state index is 12.4. The summed E-state index contributed by atoms with van der Waals surface area (Å²) in [6, 6.07) is 19.5. The zero-order valence-electron chi connectivity index (χ0n) is 21.9. The van der Waals surface area contributed by atoms with Crippen molar-refractivity contribution in [2.24, 2.45) is 0 Å². The van der Waals surface area contributed by atoms with Crippen molar-refractivity contribution in [3.63, 3.8) is 0 Å². The molecule has 1 unspecified atom stereocenters. The van der Waals surface area contributed by atoms with E-state index in [1.54, 1.807) is 12.1 Å². The van der Waals surface area contributed by atoms with Crippen LogP contribution in [-0.4, -0.2) is 23.5 Å². The van der Waals surface area contributed by atoms with Crippen molar-refractivity contribution in [2.45, 2.75) is 65.4 Å². The Kier molecular flexibility index (Phi) is 10.6. The predicted molar refractivity (Wildman–Crippen MR) is 152 cm³/mol. The van der Waals surface area contributed by atoms with Crippen LogP contribution in [0.3, 0.4) is 0 Å². The SMILES string of the molecule is CCCCCCC(Oc1c(C)cc(-c2ccc(Cl)cc2)cc1C)c1ccc(C(=O)NCCC(=O)O)cc1.[HH]. The zero-order valence-corrected chi connectivity index (χ0v) is 22.6. The molecule has 0 saturated heterocycles. The highest BCUT2D eigenvalue weighted by Gasteiger charge is 2.18. The molecule has 198 valence electrons. The van der Waals surface area contributed by atoms with Crippen molar-refractivity contribution in [1.29, 1.82) is 0 Å². The van der Waals surface area contributed by atoms with Gasteiger partial charge in [-0.1, -0.05) is 62.1 Å². The summed E-state index contributed by atoms with van der Waals surface area (Å²) in [7, 11) is 0. The molecule has 3 aromatic carbocycles. The van der Waals surface area contributed by atoms with E-state index in [2.05, 4.69) is 38.2 Å². The van der Waals surface area contributed by atoms with E-state index in [4.69, 9.17) is 21.4 Å². The summed E-state index contributed by atoms with van der Waals surface area (Å²) in [5.74, 6) is -0.336. The maximum Gasteiger partial charge on any atom is 0.305 e. The molecule has 6 heteroatoms. The third-order valence-electron chi connectivity index (χ3n) is 6.39. The van der Waals surface area contributed by atoms with Crippen LogP contribution in [0, 0.1) is 13.8 Å². The lowest BCUT2D eigenvalue weighted by molar-refractivity contribution is -0.136. The summed E-state index contributed by atoms with van der Waals surface area (Å²) in [4.78, 5) is 23.1. The van der Waals surface area contributed by atoms with Gasteiger partial charge in [-0.25, -0.2) is 0 Å². The molecule has 0 heterocycles.